The van der Waals surface area contributed by atoms with Crippen LogP contribution in [0.2, 0.25) is 0 Å². The smallest absolute Gasteiger partial charge is 0.230 e. The molecule has 1 atom stereocenters. The van der Waals surface area contributed by atoms with Crippen LogP contribution in [0.5, 0.6) is 0 Å². The summed E-state index contributed by atoms with van der Waals surface area (Å²) in [6.07, 6.45) is 0. The van der Waals surface area contributed by atoms with Gasteiger partial charge in [0.2, 0.25) is 5.91 Å². The van der Waals surface area contributed by atoms with Crippen LogP contribution in [0.25, 0.3) is 11.0 Å². The fourth-order valence-corrected chi connectivity index (χ4v) is 4.05. The van der Waals surface area contributed by atoms with Crippen molar-refractivity contribution in [1.82, 2.24) is 14.9 Å². The number of benzene rings is 2. The molecule has 3 aromatic rings. The summed E-state index contributed by atoms with van der Waals surface area (Å²) in [5, 5.41) is 4.02. The van der Waals surface area contributed by atoms with Crippen molar-refractivity contribution in [3.05, 3.63) is 60.2 Å². The Bertz CT molecular complexity index is 909. The van der Waals surface area contributed by atoms with Crippen molar-refractivity contribution >= 4 is 28.7 Å². The molecule has 0 saturated heterocycles. The van der Waals surface area contributed by atoms with Crippen LogP contribution < -0.4 is 5.32 Å². The molecule has 1 amide bonds. The van der Waals surface area contributed by atoms with Crippen LogP contribution in [-0.4, -0.2) is 34.9 Å². The molecule has 1 unspecified atom stereocenters. The molecule has 1 heterocycles. The molecule has 0 aliphatic carbocycles. The first-order chi connectivity index (χ1) is 13.6. The maximum Gasteiger partial charge on any atom is 0.230 e. The summed E-state index contributed by atoms with van der Waals surface area (Å²) in [6, 6.07) is 18.1. The van der Waals surface area contributed by atoms with Crippen molar-refractivity contribution in [2.75, 3.05) is 19.5 Å². The zero-order valence-corrected chi connectivity index (χ0v) is 17.4. The molecule has 0 aliphatic heterocycles. The highest BCUT2D eigenvalue weighted by Gasteiger charge is 2.19. The van der Waals surface area contributed by atoms with E-state index in [4.69, 9.17) is 9.72 Å². The Balaban J connectivity index is 1.70. The van der Waals surface area contributed by atoms with Crippen LogP contribution in [0.15, 0.2) is 59.8 Å². The van der Waals surface area contributed by atoms with Gasteiger partial charge in [-0.15, -0.1) is 0 Å². The van der Waals surface area contributed by atoms with E-state index in [0.717, 1.165) is 21.8 Å². The third kappa shape index (κ3) is 4.94. The van der Waals surface area contributed by atoms with E-state index < -0.39 is 0 Å². The largest absolute Gasteiger partial charge is 0.383 e. The summed E-state index contributed by atoms with van der Waals surface area (Å²) in [5.74, 6) is 0.646. The molecule has 1 N–H and O–H groups in total. The maximum atomic E-state index is 12.7. The normalized spacial score (nSPS) is 12.4. The van der Waals surface area contributed by atoms with Crippen LogP contribution in [0, 0.1) is 5.92 Å². The Hall–Kier alpha value is -2.31. The molecule has 148 valence electrons. The lowest BCUT2D eigenvalue weighted by molar-refractivity contribution is -0.119. The van der Waals surface area contributed by atoms with Gasteiger partial charge < -0.3 is 14.6 Å². The molecule has 1 aromatic heterocycles. The van der Waals surface area contributed by atoms with Gasteiger partial charge >= 0.3 is 0 Å². The fraction of sp³-hybridized carbons (Fsp3) is 0.364. The molecule has 5 nitrogen and oxygen atoms in total. The molecule has 3 rings (SSSR count). The van der Waals surface area contributed by atoms with Crippen molar-refractivity contribution in [1.29, 1.82) is 0 Å². The standard InChI is InChI=1S/C22H27N3O2S/c1-16(2)21(17-9-5-4-6-10-17)24-20(26)15-28-22-23-18-11-7-8-12-19(18)25(22)13-14-27-3/h4-12,16,21H,13-15H2,1-3H3,(H,24,26). The van der Waals surface area contributed by atoms with Crippen molar-refractivity contribution in [3.63, 3.8) is 0 Å². The van der Waals surface area contributed by atoms with Gasteiger partial charge in [0, 0.05) is 13.7 Å². The first-order valence-corrected chi connectivity index (χ1v) is 10.5. The predicted molar refractivity (Wildman–Crippen MR) is 114 cm³/mol. The van der Waals surface area contributed by atoms with Gasteiger partial charge in [-0.25, -0.2) is 4.98 Å². The van der Waals surface area contributed by atoms with Gasteiger partial charge in [0.25, 0.3) is 0 Å². The van der Waals surface area contributed by atoms with Crippen molar-refractivity contribution < 1.29 is 9.53 Å². The third-order valence-corrected chi connectivity index (χ3v) is 5.59. The van der Waals surface area contributed by atoms with E-state index in [1.165, 1.54) is 11.8 Å². The highest BCUT2D eigenvalue weighted by atomic mass is 32.2. The predicted octanol–water partition coefficient (Wildman–Crippen LogP) is 4.29. The molecule has 6 heteroatoms. The van der Waals surface area contributed by atoms with Crippen LogP contribution in [0.1, 0.15) is 25.5 Å². The summed E-state index contributed by atoms with van der Waals surface area (Å²) >= 11 is 1.46. The van der Waals surface area contributed by atoms with Crippen molar-refractivity contribution in [2.45, 2.75) is 31.6 Å². The first kappa shape index (κ1) is 20.4. The molecular weight excluding hydrogens is 370 g/mol. The Morgan fingerprint density at radius 3 is 2.57 bits per heavy atom. The van der Waals surface area contributed by atoms with E-state index >= 15 is 0 Å². The van der Waals surface area contributed by atoms with Crippen LogP contribution >= 0.6 is 11.8 Å². The number of rotatable bonds is 9. The van der Waals surface area contributed by atoms with Gasteiger partial charge in [-0.2, -0.15) is 0 Å². The van der Waals surface area contributed by atoms with Crippen LogP contribution in [-0.2, 0) is 16.1 Å². The summed E-state index contributed by atoms with van der Waals surface area (Å²) in [5.41, 5.74) is 3.13. The molecule has 0 saturated carbocycles. The number of methoxy groups -OCH3 is 1. The third-order valence-electron chi connectivity index (χ3n) is 4.61. The fourth-order valence-electron chi connectivity index (χ4n) is 3.20. The van der Waals surface area contributed by atoms with E-state index in [0.29, 0.717) is 24.8 Å². The quantitative estimate of drug-likeness (QED) is 0.547. The number of hydrogen-bond donors (Lipinski definition) is 1. The second-order valence-corrected chi connectivity index (χ2v) is 7.96. The number of ether oxygens (including phenoxy) is 1. The second kappa shape index (κ2) is 9.75. The molecule has 0 aliphatic rings. The monoisotopic (exact) mass is 397 g/mol. The van der Waals surface area contributed by atoms with Gasteiger partial charge in [0.05, 0.1) is 29.4 Å². The maximum absolute atomic E-state index is 12.7. The second-order valence-electron chi connectivity index (χ2n) is 7.02. The number of para-hydroxylation sites is 2. The highest BCUT2D eigenvalue weighted by Crippen LogP contribution is 2.25. The number of amides is 1. The number of imidazole rings is 1. The number of thioether (sulfide) groups is 1. The molecule has 28 heavy (non-hydrogen) atoms. The SMILES string of the molecule is COCCn1c(SCC(=O)NC(c2ccccc2)C(C)C)nc2ccccc21. The zero-order chi connectivity index (χ0) is 19.9. The molecule has 0 bridgehead atoms. The molecule has 0 radical (unpaired) electrons. The molecule has 0 fully saturated rings. The van der Waals surface area contributed by atoms with Gasteiger partial charge in [0.1, 0.15) is 0 Å². The first-order valence-electron chi connectivity index (χ1n) is 9.51. The number of nitrogens with zero attached hydrogens (tertiary/aromatic N) is 2. The van der Waals surface area contributed by atoms with E-state index in [1.807, 2.05) is 42.5 Å². The lowest BCUT2D eigenvalue weighted by Gasteiger charge is -2.23. The topological polar surface area (TPSA) is 56.1 Å². The minimum atomic E-state index is 0.00149. The van der Waals surface area contributed by atoms with Gasteiger partial charge in [-0.05, 0) is 23.6 Å². The molecular formula is C22H27N3O2S. The molecule has 2 aromatic carbocycles. The van der Waals surface area contributed by atoms with E-state index in [2.05, 4.69) is 35.9 Å². The summed E-state index contributed by atoms with van der Waals surface area (Å²) < 4.78 is 7.35. The average molecular weight is 398 g/mol. The minimum Gasteiger partial charge on any atom is -0.383 e. The zero-order valence-electron chi connectivity index (χ0n) is 16.6. The Morgan fingerprint density at radius 1 is 1.14 bits per heavy atom. The lowest BCUT2D eigenvalue weighted by atomic mass is 9.96. The van der Waals surface area contributed by atoms with Gasteiger partial charge in [-0.3, -0.25) is 4.79 Å². The van der Waals surface area contributed by atoms with Crippen LogP contribution in [0.4, 0.5) is 0 Å². The number of fused-ring (bicyclic) bond motifs is 1. The summed E-state index contributed by atoms with van der Waals surface area (Å²) in [7, 11) is 1.69. The Morgan fingerprint density at radius 2 is 1.86 bits per heavy atom. The number of carbonyl (C=O) groups is 1. The van der Waals surface area contributed by atoms with Crippen molar-refractivity contribution in [3.8, 4) is 0 Å². The Labute approximate surface area is 170 Å². The van der Waals surface area contributed by atoms with Gasteiger partial charge in [0.15, 0.2) is 5.16 Å². The number of nitrogens with one attached hydrogen (secondary N) is 1. The van der Waals surface area contributed by atoms with E-state index in [-0.39, 0.29) is 11.9 Å². The van der Waals surface area contributed by atoms with Crippen molar-refractivity contribution in [2.24, 2.45) is 5.92 Å². The number of carbonyl (C=O) groups excluding carboxylic acids is 1. The van der Waals surface area contributed by atoms with E-state index in [9.17, 15) is 4.79 Å². The molecule has 0 spiro atoms. The highest BCUT2D eigenvalue weighted by molar-refractivity contribution is 7.99. The van der Waals surface area contributed by atoms with E-state index in [1.54, 1.807) is 7.11 Å². The Kier molecular flexibility index (Phi) is 7.12. The van der Waals surface area contributed by atoms with Gasteiger partial charge in [-0.1, -0.05) is 68.1 Å². The summed E-state index contributed by atoms with van der Waals surface area (Å²) in [4.78, 5) is 17.4. The minimum absolute atomic E-state index is 0.00149. The number of aromatic nitrogens is 2. The lowest BCUT2D eigenvalue weighted by Crippen LogP contribution is -2.33. The summed E-state index contributed by atoms with van der Waals surface area (Å²) in [6.45, 7) is 5.55. The average Bonchev–Trinajstić information content (AvgIpc) is 3.06. The van der Waals surface area contributed by atoms with Crippen LogP contribution in [0.3, 0.4) is 0 Å². The number of hydrogen-bond acceptors (Lipinski definition) is 4.